The molecule has 4 aromatic rings. The average molecular weight is 489 g/mol. The van der Waals surface area contributed by atoms with E-state index in [4.69, 9.17) is 5.73 Å². The fraction of sp³-hybridized carbons (Fsp3) is 0.115. The van der Waals surface area contributed by atoms with Gasteiger partial charge < -0.3 is 26.8 Å². The monoisotopic (exact) mass is 488 g/mol. The van der Waals surface area contributed by atoms with Crippen LogP contribution in [0.2, 0.25) is 0 Å². The molecule has 10 heteroatoms. The number of nitrogens with two attached hydrogens (primary N) is 1. The van der Waals surface area contributed by atoms with Crippen molar-refractivity contribution >= 4 is 34.8 Å². The lowest BCUT2D eigenvalue weighted by molar-refractivity contribution is 0.0999. The number of benzene rings is 3. The number of amides is 2. The molecule has 0 aliphatic heterocycles. The molecule has 0 bridgehead atoms. The SMILES string of the molecule is Cc1cc(CNc2n[nH]c(Nc3ccc(NC(=O)c4ccc(F)cc4)cc3)c2C(N)=O)cc(C)c1O. The molecular formula is C26H25FN6O3. The molecule has 0 aliphatic rings. The first-order valence-electron chi connectivity index (χ1n) is 11.1. The highest BCUT2D eigenvalue weighted by atomic mass is 19.1. The van der Waals surface area contributed by atoms with Crippen molar-refractivity contribution in [3.05, 3.63) is 94.3 Å². The summed E-state index contributed by atoms with van der Waals surface area (Å²) in [5, 5.41) is 25.8. The number of aromatic amines is 1. The van der Waals surface area contributed by atoms with Gasteiger partial charge in [-0.2, -0.15) is 5.10 Å². The van der Waals surface area contributed by atoms with E-state index in [1.54, 1.807) is 24.3 Å². The standard InChI is InChI=1S/C26H25FN6O3/c1-14-11-16(12-15(2)22(14)34)13-29-24-21(23(28)35)25(33-32-24)30-19-7-9-20(10-8-19)31-26(36)17-3-5-18(27)6-4-17/h3-12,34H,13H2,1-2H3,(H2,28,35)(H,31,36)(H3,29,30,32,33). The number of phenolic OH excluding ortho intramolecular Hbond substituents is 1. The molecule has 0 saturated carbocycles. The third-order valence-corrected chi connectivity index (χ3v) is 5.54. The predicted octanol–water partition coefficient (Wildman–Crippen LogP) is 4.58. The van der Waals surface area contributed by atoms with Crippen LogP contribution >= 0.6 is 0 Å². The van der Waals surface area contributed by atoms with Crippen molar-refractivity contribution in [2.24, 2.45) is 5.73 Å². The minimum absolute atomic E-state index is 0.163. The minimum atomic E-state index is -0.671. The zero-order valence-electron chi connectivity index (χ0n) is 19.6. The summed E-state index contributed by atoms with van der Waals surface area (Å²) in [6, 6.07) is 15.7. The predicted molar refractivity (Wildman–Crippen MR) is 136 cm³/mol. The van der Waals surface area contributed by atoms with Gasteiger partial charge in [0, 0.05) is 23.5 Å². The van der Waals surface area contributed by atoms with Crippen molar-refractivity contribution in [3.8, 4) is 5.75 Å². The van der Waals surface area contributed by atoms with E-state index in [0.717, 1.165) is 16.7 Å². The number of phenols is 1. The number of anilines is 4. The van der Waals surface area contributed by atoms with Crippen LogP contribution in [0.1, 0.15) is 37.4 Å². The molecule has 3 aromatic carbocycles. The number of aryl methyl sites for hydroxylation is 2. The van der Waals surface area contributed by atoms with Crippen LogP contribution in [-0.4, -0.2) is 27.1 Å². The second-order valence-electron chi connectivity index (χ2n) is 8.28. The lowest BCUT2D eigenvalue weighted by Gasteiger charge is -2.10. The number of nitrogens with one attached hydrogen (secondary N) is 4. The molecular weight excluding hydrogens is 463 g/mol. The van der Waals surface area contributed by atoms with Gasteiger partial charge >= 0.3 is 0 Å². The molecule has 9 nitrogen and oxygen atoms in total. The number of hydrogen-bond acceptors (Lipinski definition) is 6. The Hall–Kier alpha value is -4.86. The van der Waals surface area contributed by atoms with Crippen molar-refractivity contribution < 1.29 is 19.1 Å². The normalized spacial score (nSPS) is 10.6. The van der Waals surface area contributed by atoms with Crippen LogP contribution in [0.5, 0.6) is 5.75 Å². The lowest BCUT2D eigenvalue weighted by Crippen LogP contribution is -2.15. The van der Waals surface area contributed by atoms with Gasteiger partial charge in [0.1, 0.15) is 22.9 Å². The summed E-state index contributed by atoms with van der Waals surface area (Å²) in [4.78, 5) is 24.5. The zero-order chi connectivity index (χ0) is 25.8. The number of nitrogens with zero attached hydrogens (tertiary/aromatic N) is 1. The largest absolute Gasteiger partial charge is 0.507 e. The van der Waals surface area contributed by atoms with Gasteiger partial charge in [0.25, 0.3) is 11.8 Å². The van der Waals surface area contributed by atoms with Crippen LogP contribution in [0, 0.1) is 19.7 Å². The quantitative estimate of drug-likeness (QED) is 0.214. The van der Waals surface area contributed by atoms with E-state index in [-0.39, 0.29) is 23.0 Å². The molecule has 1 aromatic heterocycles. The maximum absolute atomic E-state index is 13.1. The molecule has 1 heterocycles. The van der Waals surface area contributed by atoms with Crippen molar-refractivity contribution in [2.75, 3.05) is 16.0 Å². The molecule has 184 valence electrons. The van der Waals surface area contributed by atoms with Gasteiger partial charge in [-0.1, -0.05) is 12.1 Å². The number of primary amides is 1. The first-order valence-corrected chi connectivity index (χ1v) is 11.1. The maximum Gasteiger partial charge on any atom is 0.256 e. The van der Waals surface area contributed by atoms with Crippen LogP contribution in [0.4, 0.5) is 27.4 Å². The number of carbonyl (C=O) groups is 2. The summed E-state index contributed by atoms with van der Waals surface area (Å²) in [6.07, 6.45) is 0. The Bertz CT molecular complexity index is 1390. The van der Waals surface area contributed by atoms with E-state index >= 15 is 0 Å². The van der Waals surface area contributed by atoms with E-state index in [2.05, 4.69) is 26.1 Å². The van der Waals surface area contributed by atoms with Gasteiger partial charge in [-0.05, 0) is 79.1 Å². The average Bonchev–Trinajstić information content (AvgIpc) is 3.25. The Morgan fingerprint density at radius 1 is 1.00 bits per heavy atom. The topological polar surface area (TPSA) is 145 Å². The molecule has 0 fully saturated rings. The smallest absolute Gasteiger partial charge is 0.256 e. The Kier molecular flexibility index (Phi) is 6.86. The number of rotatable bonds is 8. The van der Waals surface area contributed by atoms with Gasteiger partial charge in [0.05, 0.1) is 0 Å². The lowest BCUT2D eigenvalue weighted by atomic mass is 10.1. The summed E-state index contributed by atoms with van der Waals surface area (Å²) in [5.41, 5.74) is 9.69. The third kappa shape index (κ3) is 5.44. The van der Waals surface area contributed by atoms with Gasteiger partial charge in [-0.25, -0.2) is 4.39 Å². The third-order valence-electron chi connectivity index (χ3n) is 5.54. The molecule has 2 amide bonds. The molecule has 0 spiro atoms. The van der Waals surface area contributed by atoms with E-state index < -0.39 is 11.7 Å². The fourth-order valence-corrected chi connectivity index (χ4v) is 3.72. The number of aromatic nitrogens is 2. The number of H-pyrrole nitrogens is 1. The van der Waals surface area contributed by atoms with E-state index in [0.29, 0.717) is 29.3 Å². The number of hydrogen-bond donors (Lipinski definition) is 6. The molecule has 0 aliphatic carbocycles. The van der Waals surface area contributed by atoms with Crippen LogP contribution in [0.3, 0.4) is 0 Å². The summed E-state index contributed by atoms with van der Waals surface area (Å²) in [7, 11) is 0. The highest BCUT2D eigenvalue weighted by molar-refractivity contribution is 6.04. The molecule has 0 atom stereocenters. The van der Waals surface area contributed by atoms with Crippen LogP contribution < -0.4 is 21.7 Å². The van der Waals surface area contributed by atoms with Crippen LogP contribution in [-0.2, 0) is 6.54 Å². The Balaban J connectivity index is 1.44. The first kappa shape index (κ1) is 24.3. The van der Waals surface area contributed by atoms with Crippen molar-refractivity contribution in [1.82, 2.24) is 10.2 Å². The summed E-state index contributed by atoms with van der Waals surface area (Å²) in [6.45, 7) is 4.00. The molecule has 0 radical (unpaired) electrons. The second kappa shape index (κ2) is 10.2. The van der Waals surface area contributed by atoms with E-state index in [9.17, 15) is 19.1 Å². The molecule has 36 heavy (non-hydrogen) atoms. The van der Waals surface area contributed by atoms with Crippen molar-refractivity contribution in [1.29, 1.82) is 0 Å². The van der Waals surface area contributed by atoms with Crippen molar-refractivity contribution in [3.63, 3.8) is 0 Å². The Morgan fingerprint density at radius 2 is 1.61 bits per heavy atom. The first-order chi connectivity index (χ1) is 17.2. The molecule has 7 N–H and O–H groups in total. The van der Waals surface area contributed by atoms with Gasteiger partial charge in [-0.15, -0.1) is 0 Å². The molecule has 4 rings (SSSR count). The zero-order valence-corrected chi connectivity index (χ0v) is 19.6. The number of carbonyl (C=O) groups excluding carboxylic acids is 2. The highest BCUT2D eigenvalue weighted by Gasteiger charge is 2.19. The Labute approximate surface area is 206 Å². The fourth-order valence-electron chi connectivity index (χ4n) is 3.72. The second-order valence-corrected chi connectivity index (χ2v) is 8.28. The maximum atomic E-state index is 13.1. The number of halogens is 1. The molecule has 0 saturated heterocycles. The van der Waals surface area contributed by atoms with E-state index in [1.165, 1.54) is 24.3 Å². The van der Waals surface area contributed by atoms with Gasteiger partial charge in [0.2, 0.25) is 0 Å². The van der Waals surface area contributed by atoms with E-state index in [1.807, 2.05) is 26.0 Å². The van der Waals surface area contributed by atoms with Crippen molar-refractivity contribution in [2.45, 2.75) is 20.4 Å². The van der Waals surface area contributed by atoms with Gasteiger partial charge in [-0.3, -0.25) is 14.7 Å². The summed E-state index contributed by atoms with van der Waals surface area (Å²) >= 11 is 0. The number of aromatic hydroxyl groups is 1. The highest BCUT2D eigenvalue weighted by Crippen LogP contribution is 2.27. The summed E-state index contributed by atoms with van der Waals surface area (Å²) < 4.78 is 13.1. The van der Waals surface area contributed by atoms with Gasteiger partial charge in [0.15, 0.2) is 5.82 Å². The minimum Gasteiger partial charge on any atom is -0.507 e. The Morgan fingerprint density at radius 3 is 2.22 bits per heavy atom. The molecule has 0 unspecified atom stereocenters. The van der Waals surface area contributed by atoms with Crippen LogP contribution in [0.25, 0.3) is 0 Å². The summed E-state index contributed by atoms with van der Waals surface area (Å²) in [5.74, 6) is -0.600. The van der Waals surface area contributed by atoms with Crippen LogP contribution in [0.15, 0.2) is 60.7 Å².